The lowest BCUT2D eigenvalue weighted by molar-refractivity contribution is 0.275. The summed E-state index contributed by atoms with van der Waals surface area (Å²) in [4.78, 5) is 0. The van der Waals surface area contributed by atoms with Gasteiger partial charge in [0.05, 0.1) is 6.61 Å². The minimum Gasteiger partial charge on any atom is -0.493 e. The summed E-state index contributed by atoms with van der Waals surface area (Å²) in [6, 6.07) is 10.1. The molecule has 0 fully saturated rings. The molecular formula is C16H18FNO2. The molecule has 3 nitrogen and oxygen atoms in total. The molecule has 0 saturated heterocycles. The summed E-state index contributed by atoms with van der Waals surface area (Å²) in [5.74, 6) is 0.557. The van der Waals surface area contributed by atoms with E-state index >= 15 is 0 Å². The van der Waals surface area contributed by atoms with E-state index in [9.17, 15) is 4.39 Å². The highest BCUT2D eigenvalue weighted by atomic mass is 19.1. The van der Waals surface area contributed by atoms with E-state index in [-0.39, 0.29) is 18.2 Å². The molecule has 2 rings (SSSR count). The van der Waals surface area contributed by atoms with Crippen molar-refractivity contribution < 1.29 is 13.9 Å². The van der Waals surface area contributed by atoms with Gasteiger partial charge in [0.25, 0.3) is 0 Å². The minimum atomic E-state index is -0.377. The van der Waals surface area contributed by atoms with Crippen LogP contribution in [0.15, 0.2) is 36.4 Å². The first-order valence-electron chi connectivity index (χ1n) is 6.50. The van der Waals surface area contributed by atoms with Gasteiger partial charge in [0.2, 0.25) is 0 Å². The molecule has 2 N–H and O–H groups in total. The highest BCUT2D eigenvalue weighted by molar-refractivity contribution is 5.47. The normalized spacial score (nSPS) is 10.3. The molecule has 0 amide bonds. The highest BCUT2D eigenvalue weighted by Gasteiger charge is 2.08. The van der Waals surface area contributed by atoms with Gasteiger partial charge in [0, 0.05) is 11.3 Å². The highest BCUT2D eigenvalue weighted by Crippen LogP contribution is 2.25. The van der Waals surface area contributed by atoms with Crippen LogP contribution in [-0.2, 0) is 6.61 Å². The summed E-state index contributed by atoms with van der Waals surface area (Å²) in [6.45, 7) is 4.55. The first-order chi connectivity index (χ1) is 9.60. The number of ether oxygens (including phenoxy) is 2. The number of benzene rings is 2. The van der Waals surface area contributed by atoms with E-state index in [1.807, 2.05) is 13.8 Å². The second-order valence-electron chi connectivity index (χ2n) is 4.52. The second kappa shape index (κ2) is 6.28. The van der Waals surface area contributed by atoms with Gasteiger partial charge in [-0.3, -0.25) is 0 Å². The summed E-state index contributed by atoms with van der Waals surface area (Å²) in [5.41, 5.74) is 8.13. The SMILES string of the molecule is CCOc1ccc(N)cc1COc1cc(C)ccc1F. The van der Waals surface area contributed by atoms with Crippen molar-refractivity contribution in [2.75, 3.05) is 12.3 Å². The Morgan fingerprint density at radius 3 is 2.60 bits per heavy atom. The van der Waals surface area contributed by atoms with E-state index in [1.54, 1.807) is 30.3 Å². The maximum absolute atomic E-state index is 13.6. The molecule has 2 aromatic carbocycles. The summed E-state index contributed by atoms with van der Waals surface area (Å²) in [5, 5.41) is 0. The number of nitrogen functional groups attached to an aromatic ring is 1. The first-order valence-corrected chi connectivity index (χ1v) is 6.50. The molecule has 106 valence electrons. The molecule has 0 atom stereocenters. The van der Waals surface area contributed by atoms with Gasteiger partial charge >= 0.3 is 0 Å². The van der Waals surface area contributed by atoms with Gasteiger partial charge in [0.15, 0.2) is 11.6 Å². The van der Waals surface area contributed by atoms with Gasteiger partial charge in [-0.25, -0.2) is 4.39 Å². The van der Waals surface area contributed by atoms with Gasteiger partial charge in [-0.15, -0.1) is 0 Å². The molecule has 0 aliphatic rings. The standard InChI is InChI=1S/C16H18FNO2/c1-3-19-15-7-5-13(18)9-12(15)10-20-16-8-11(2)4-6-14(16)17/h4-9H,3,10,18H2,1-2H3. The van der Waals surface area contributed by atoms with Gasteiger partial charge in [0.1, 0.15) is 12.4 Å². The Labute approximate surface area is 118 Å². The summed E-state index contributed by atoms with van der Waals surface area (Å²) >= 11 is 0. The molecule has 0 spiro atoms. The van der Waals surface area contributed by atoms with Gasteiger partial charge in [-0.1, -0.05) is 6.07 Å². The number of nitrogens with two attached hydrogens (primary N) is 1. The van der Waals surface area contributed by atoms with Crippen LogP contribution in [0.1, 0.15) is 18.1 Å². The van der Waals surface area contributed by atoms with Crippen molar-refractivity contribution in [1.82, 2.24) is 0 Å². The van der Waals surface area contributed by atoms with Crippen molar-refractivity contribution in [3.05, 3.63) is 53.3 Å². The number of halogens is 1. The van der Waals surface area contributed by atoms with Gasteiger partial charge in [-0.2, -0.15) is 0 Å². The fraction of sp³-hybridized carbons (Fsp3) is 0.250. The van der Waals surface area contributed by atoms with Crippen LogP contribution >= 0.6 is 0 Å². The van der Waals surface area contributed by atoms with Crippen LogP contribution in [0.4, 0.5) is 10.1 Å². The van der Waals surface area contributed by atoms with Crippen molar-refractivity contribution >= 4 is 5.69 Å². The first kappa shape index (κ1) is 14.2. The Balaban J connectivity index is 2.17. The zero-order valence-electron chi connectivity index (χ0n) is 11.7. The van der Waals surface area contributed by atoms with E-state index in [0.717, 1.165) is 11.1 Å². The lowest BCUT2D eigenvalue weighted by atomic mass is 10.2. The predicted octanol–water partition coefficient (Wildman–Crippen LogP) is 3.69. The molecule has 2 aromatic rings. The topological polar surface area (TPSA) is 44.5 Å². The molecule has 0 saturated carbocycles. The Kier molecular flexibility index (Phi) is 4.45. The van der Waals surface area contributed by atoms with Gasteiger partial charge in [-0.05, 0) is 49.7 Å². The average Bonchev–Trinajstić information content (AvgIpc) is 2.42. The van der Waals surface area contributed by atoms with E-state index in [0.29, 0.717) is 18.0 Å². The second-order valence-corrected chi connectivity index (χ2v) is 4.52. The lowest BCUT2D eigenvalue weighted by Gasteiger charge is -2.13. The molecule has 0 unspecified atom stereocenters. The molecule has 0 aliphatic heterocycles. The molecular weight excluding hydrogens is 257 g/mol. The summed E-state index contributed by atoms with van der Waals surface area (Å²) < 4.78 is 24.7. The third-order valence-corrected chi connectivity index (χ3v) is 2.85. The van der Waals surface area contributed by atoms with Crippen molar-refractivity contribution in [2.24, 2.45) is 0 Å². The van der Waals surface area contributed by atoms with Crippen LogP contribution in [0.2, 0.25) is 0 Å². The lowest BCUT2D eigenvalue weighted by Crippen LogP contribution is -2.03. The zero-order valence-corrected chi connectivity index (χ0v) is 11.7. The fourth-order valence-corrected chi connectivity index (χ4v) is 1.89. The Hall–Kier alpha value is -2.23. The van der Waals surface area contributed by atoms with Crippen molar-refractivity contribution in [1.29, 1.82) is 0 Å². The molecule has 0 radical (unpaired) electrons. The summed E-state index contributed by atoms with van der Waals surface area (Å²) in [7, 11) is 0. The molecule has 0 heterocycles. The van der Waals surface area contributed by atoms with Crippen LogP contribution in [0.3, 0.4) is 0 Å². The van der Waals surface area contributed by atoms with E-state index in [1.165, 1.54) is 6.07 Å². The Bertz CT molecular complexity index is 599. The number of anilines is 1. The van der Waals surface area contributed by atoms with E-state index in [2.05, 4.69) is 0 Å². The number of hydrogen-bond donors (Lipinski definition) is 1. The number of hydrogen-bond acceptors (Lipinski definition) is 3. The maximum atomic E-state index is 13.6. The van der Waals surface area contributed by atoms with Crippen molar-refractivity contribution in [2.45, 2.75) is 20.5 Å². The van der Waals surface area contributed by atoms with Crippen molar-refractivity contribution in [3.8, 4) is 11.5 Å². The molecule has 0 aromatic heterocycles. The Morgan fingerprint density at radius 2 is 1.85 bits per heavy atom. The van der Waals surface area contributed by atoms with Crippen LogP contribution in [0, 0.1) is 12.7 Å². The Morgan fingerprint density at radius 1 is 1.05 bits per heavy atom. The van der Waals surface area contributed by atoms with E-state index in [4.69, 9.17) is 15.2 Å². The minimum absolute atomic E-state index is 0.209. The van der Waals surface area contributed by atoms with Crippen molar-refractivity contribution in [3.63, 3.8) is 0 Å². The van der Waals surface area contributed by atoms with Crippen LogP contribution in [-0.4, -0.2) is 6.61 Å². The summed E-state index contributed by atoms with van der Waals surface area (Å²) in [6.07, 6.45) is 0. The third kappa shape index (κ3) is 3.41. The van der Waals surface area contributed by atoms with Crippen LogP contribution < -0.4 is 15.2 Å². The number of aryl methyl sites for hydroxylation is 1. The van der Waals surface area contributed by atoms with Crippen LogP contribution in [0.5, 0.6) is 11.5 Å². The molecule has 0 aliphatic carbocycles. The maximum Gasteiger partial charge on any atom is 0.165 e. The smallest absolute Gasteiger partial charge is 0.165 e. The fourth-order valence-electron chi connectivity index (χ4n) is 1.89. The zero-order chi connectivity index (χ0) is 14.5. The predicted molar refractivity (Wildman–Crippen MR) is 77.5 cm³/mol. The molecule has 4 heteroatoms. The monoisotopic (exact) mass is 275 g/mol. The third-order valence-electron chi connectivity index (χ3n) is 2.85. The molecule has 20 heavy (non-hydrogen) atoms. The van der Waals surface area contributed by atoms with Crippen LogP contribution in [0.25, 0.3) is 0 Å². The van der Waals surface area contributed by atoms with E-state index < -0.39 is 0 Å². The molecule has 0 bridgehead atoms. The average molecular weight is 275 g/mol. The largest absolute Gasteiger partial charge is 0.493 e. The quantitative estimate of drug-likeness (QED) is 0.846. The number of rotatable bonds is 5. The van der Waals surface area contributed by atoms with Gasteiger partial charge < -0.3 is 15.2 Å².